The summed E-state index contributed by atoms with van der Waals surface area (Å²) in [5.41, 5.74) is 2.58. The smallest absolute Gasteiger partial charge is 0.304 e. The van der Waals surface area contributed by atoms with Crippen LogP contribution >= 0.6 is 11.3 Å². The van der Waals surface area contributed by atoms with Crippen molar-refractivity contribution in [3.63, 3.8) is 0 Å². The molecule has 6 nitrogen and oxygen atoms in total. The minimum atomic E-state index is -1.01. The average Bonchev–Trinajstić information content (AvgIpc) is 3.32. The molecule has 0 saturated heterocycles. The van der Waals surface area contributed by atoms with Crippen LogP contribution in [0.2, 0.25) is 0 Å². The number of fused-ring (bicyclic) bond motifs is 1. The Hall–Kier alpha value is -3.19. The molecule has 4 rings (SSSR count). The van der Waals surface area contributed by atoms with Gasteiger partial charge in [0.1, 0.15) is 5.75 Å². The van der Waals surface area contributed by atoms with Crippen molar-refractivity contribution in [2.24, 2.45) is 5.41 Å². The van der Waals surface area contributed by atoms with Gasteiger partial charge >= 0.3 is 5.97 Å². The van der Waals surface area contributed by atoms with Crippen molar-refractivity contribution in [2.75, 3.05) is 11.9 Å². The number of carbonyl (C=O) groups is 2. The maximum absolute atomic E-state index is 13.5. The van der Waals surface area contributed by atoms with Gasteiger partial charge in [0.25, 0.3) is 0 Å². The van der Waals surface area contributed by atoms with Gasteiger partial charge in [0.05, 0.1) is 17.5 Å². The number of aromatic nitrogens is 1. The van der Waals surface area contributed by atoms with Crippen LogP contribution < -0.4 is 4.90 Å². The number of phenols is 1. The first-order valence-electron chi connectivity index (χ1n) is 9.20. The molecule has 1 amide bonds. The third-order valence-corrected chi connectivity index (χ3v) is 6.28. The van der Waals surface area contributed by atoms with Gasteiger partial charge in [0.2, 0.25) is 5.91 Å². The quantitative estimate of drug-likeness (QED) is 0.671. The van der Waals surface area contributed by atoms with E-state index in [9.17, 15) is 19.8 Å². The van der Waals surface area contributed by atoms with Crippen LogP contribution in [0.1, 0.15) is 17.5 Å². The highest BCUT2D eigenvalue weighted by molar-refractivity contribution is 7.14. The van der Waals surface area contributed by atoms with Crippen molar-refractivity contribution in [3.8, 4) is 17.0 Å². The van der Waals surface area contributed by atoms with Gasteiger partial charge in [-0.2, -0.15) is 0 Å². The van der Waals surface area contributed by atoms with Gasteiger partial charge in [-0.05, 0) is 48.2 Å². The summed E-state index contributed by atoms with van der Waals surface area (Å²) in [6, 6.07) is 14.4. The summed E-state index contributed by atoms with van der Waals surface area (Å²) >= 11 is 1.33. The zero-order valence-corrected chi connectivity index (χ0v) is 16.6. The zero-order chi connectivity index (χ0) is 20.6. The van der Waals surface area contributed by atoms with Crippen LogP contribution in [0, 0.1) is 5.41 Å². The van der Waals surface area contributed by atoms with Gasteiger partial charge < -0.3 is 10.2 Å². The second-order valence-electron chi connectivity index (χ2n) is 7.40. The molecule has 0 fully saturated rings. The lowest BCUT2D eigenvalue weighted by atomic mass is 9.80. The molecule has 1 heterocycles. The number of aromatic hydroxyl groups is 1. The number of hydrogen-bond donors (Lipinski definition) is 2. The number of nitrogens with zero attached hydrogens (tertiary/aromatic N) is 2. The highest BCUT2D eigenvalue weighted by Crippen LogP contribution is 2.42. The Labute approximate surface area is 172 Å². The van der Waals surface area contributed by atoms with E-state index in [0.29, 0.717) is 23.7 Å². The molecule has 1 aliphatic carbocycles. The lowest BCUT2D eigenvalue weighted by Gasteiger charge is -2.30. The summed E-state index contributed by atoms with van der Waals surface area (Å²) in [5, 5.41) is 21.3. The normalized spacial score (nSPS) is 14.4. The average molecular weight is 408 g/mol. The van der Waals surface area contributed by atoms with Crippen molar-refractivity contribution in [1.82, 2.24) is 4.98 Å². The molecule has 0 atom stereocenters. The topological polar surface area (TPSA) is 90.7 Å². The first-order chi connectivity index (χ1) is 13.9. The van der Waals surface area contributed by atoms with Crippen LogP contribution in [0.5, 0.6) is 5.75 Å². The molecule has 2 N–H and O–H groups in total. The number of benzene rings is 2. The lowest BCUT2D eigenvalue weighted by molar-refractivity contribution is -0.144. The van der Waals surface area contributed by atoms with E-state index >= 15 is 0 Å². The second kappa shape index (κ2) is 7.33. The number of hydrogen-bond acceptors (Lipinski definition) is 5. The van der Waals surface area contributed by atoms with Crippen molar-refractivity contribution >= 4 is 28.3 Å². The number of carboxylic acid groups (broad SMARTS) is 1. The fourth-order valence-corrected chi connectivity index (χ4v) is 4.76. The van der Waals surface area contributed by atoms with E-state index in [1.807, 2.05) is 29.6 Å². The number of aliphatic carboxylic acids is 1. The Balaban J connectivity index is 1.62. The zero-order valence-electron chi connectivity index (χ0n) is 15.8. The summed E-state index contributed by atoms with van der Waals surface area (Å²) in [4.78, 5) is 31.1. The van der Waals surface area contributed by atoms with Gasteiger partial charge in [-0.3, -0.25) is 14.5 Å². The Morgan fingerprint density at radius 1 is 1.10 bits per heavy atom. The van der Waals surface area contributed by atoms with Crippen LogP contribution in [0.3, 0.4) is 0 Å². The van der Waals surface area contributed by atoms with Crippen molar-refractivity contribution < 1.29 is 19.8 Å². The minimum absolute atomic E-state index is 0.174. The molecule has 148 valence electrons. The number of amides is 1. The molecule has 0 bridgehead atoms. The fourth-order valence-electron chi connectivity index (χ4n) is 3.96. The molecule has 29 heavy (non-hydrogen) atoms. The predicted molar refractivity (Wildman–Crippen MR) is 111 cm³/mol. The fraction of sp³-hybridized carbons (Fsp3) is 0.227. The highest BCUT2D eigenvalue weighted by atomic mass is 32.1. The summed E-state index contributed by atoms with van der Waals surface area (Å²) in [5.74, 6) is -1.04. The van der Waals surface area contributed by atoms with Crippen LogP contribution in [0.25, 0.3) is 11.3 Å². The first kappa shape index (κ1) is 19.1. The van der Waals surface area contributed by atoms with Gasteiger partial charge in [-0.25, -0.2) is 4.98 Å². The first-order valence-corrected chi connectivity index (χ1v) is 10.1. The van der Waals surface area contributed by atoms with Gasteiger partial charge in [-0.1, -0.05) is 24.3 Å². The summed E-state index contributed by atoms with van der Waals surface area (Å²) in [6.07, 6.45) is 0.602. The number of carboxylic acids is 1. The number of phenolic OH excluding ortho intramolecular Hbond substituents is 1. The van der Waals surface area contributed by atoms with E-state index in [-0.39, 0.29) is 18.1 Å². The van der Waals surface area contributed by atoms with Crippen LogP contribution in [-0.4, -0.2) is 34.1 Å². The molecule has 0 spiro atoms. The Bertz CT molecular complexity index is 1050. The maximum Gasteiger partial charge on any atom is 0.304 e. The van der Waals surface area contributed by atoms with E-state index in [1.54, 1.807) is 31.3 Å². The molecule has 1 aliphatic rings. The molecular weight excluding hydrogens is 388 g/mol. The summed E-state index contributed by atoms with van der Waals surface area (Å²) in [7, 11) is 1.65. The van der Waals surface area contributed by atoms with E-state index in [2.05, 4.69) is 4.98 Å². The molecule has 1 aromatic heterocycles. The molecular formula is C22H20N2O4S. The molecule has 0 radical (unpaired) electrons. The van der Waals surface area contributed by atoms with E-state index < -0.39 is 11.4 Å². The third-order valence-electron chi connectivity index (χ3n) is 5.37. The van der Waals surface area contributed by atoms with Gasteiger partial charge in [-0.15, -0.1) is 11.3 Å². The standard InChI is InChI=1S/C22H20N2O4S/c1-24(21-23-18(13-29-21)14-6-8-17(25)9-7-14)20(28)22(12-19(26)27)10-15-4-2-3-5-16(15)11-22/h2-9,13,25H,10-12H2,1H3,(H,26,27). The van der Waals surface area contributed by atoms with E-state index in [0.717, 1.165) is 16.7 Å². The number of carbonyl (C=O) groups excluding carboxylic acids is 1. The van der Waals surface area contributed by atoms with Crippen LogP contribution in [-0.2, 0) is 22.4 Å². The minimum Gasteiger partial charge on any atom is -0.508 e. The monoisotopic (exact) mass is 408 g/mol. The number of anilines is 1. The largest absolute Gasteiger partial charge is 0.508 e. The van der Waals surface area contributed by atoms with E-state index in [1.165, 1.54) is 16.2 Å². The lowest BCUT2D eigenvalue weighted by Crippen LogP contribution is -2.44. The Kier molecular flexibility index (Phi) is 4.84. The molecule has 2 aromatic carbocycles. The van der Waals surface area contributed by atoms with Gasteiger partial charge in [0.15, 0.2) is 5.13 Å². The predicted octanol–water partition coefficient (Wildman–Crippen LogP) is 3.74. The summed E-state index contributed by atoms with van der Waals surface area (Å²) in [6.45, 7) is 0. The number of rotatable bonds is 5. The second-order valence-corrected chi connectivity index (χ2v) is 8.24. The van der Waals surface area contributed by atoms with Crippen LogP contribution in [0.15, 0.2) is 53.9 Å². The number of thiazole rings is 1. The molecule has 0 unspecified atom stereocenters. The Morgan fingerprint density at radius 2 is 1.72 bits per heavy atom. The summed E-state index contributed by atoms with van der Waals surface area (Å²) < 4.78 is 0. The van der Waals surface area contributed by atoms with Gasteiger partial charge in [0, 0.05) is 18.0 Å². The van der Waals surface area contributed by atoms with Crippen LogP contribution in [0.4, 0.5) is 5.13 Å². The maximum atomic E-state index is 13.5. The molecule has 3 aromatic rings. The molecule has 7 heteroatoms. The third kappa shape index (κ3) is 3.61. The molecule has 0 saturated carbocycles. The van der Waals surface area contributed by atoms with Crippen molar-refractivity contribution in [2.45, 2.75) is 19.3 Å². The molecule has 0 aliphatic heterocycles. The van der Waals surface area contributed by atoms with Crippen molar-refractivity contribution in [3.05, 3.63) is 65.0 Å². The van der Waals surface area contributed by atoms with E-state index in [4.69, 9.17) is 0 Å². The SMILES string of the molecule is CN(C(=O)C1(CC(=O)O)Cc2ccccc2C1)c1nc(-c2ccc(O)cc2)cs1. The Morgan fingerprint density at radius 3 is 2.31 bits per heavy atom. The highest BCUT2D eigenvalue weighted by Gasteiger charge is 2.47. The van der Waals surface area contributed by atoms with Crippen molar-refractivity contribution in [1.29, 1.82) is 0 Å².